The fourth-order valence-corrected chi connectivity index (χ4v) is 1.90. The highest BCUT2D eigenvalue weighted by atomic mass is 35.5. The lowest BCUT2D eigenvalue weighted by Crippen LogP contribution is -2.25. The Morgan fingerprint density at radius 1 is 1.33 bits per heavy atom. The number of rotatable bonds is 3. The molecular formula is C12H13ClFN. The molecule has 0 unspecified atom stereocenters. The summed E-state index contributed by atoms with van der Waals surface area (Å²) in [6.07, 6.45) is 6.51. The van der Waals surface area contributed by atoms with Crippen LogP contribution < -0.4 is 5.32 Å². The topological polar surface area (TPSA) is 12.0 Å². The van der Waals surface area contributed by atoms with Crippen molar-refractivity contribution in [1.29, 1.82) is 0 Å². The van der Waals surface area contributed by atoms with E-state index in [2.05, 4.69) is 17.5 Å². The van der Waals surface area contributed by atoms with E-state index in [0.29, 0.717) is 6.04 Å². The molecule has 0 aromatic heterocycles. The van der Waals surface area contributed by atoms with Crippen molar-refractivity contribution in [2.45, 2.75) is 25.4 Å². The highest BCUT2D eigenvalue weighted by Crippen LogP contribution is 2.16. The van der Waals surface area contributed by atoms with Crippen molar-refractivity contribution < 1.29 is 4.39 Å². The first-order chi connectivity index (χ1) is 7.25. The molecule has 1 N–H and O–H groups in total. The monoisotopic (exact) mass is 225 g/mol. The van der Waals surface area contributed by atoms with Crippen LogP contribution in [0.3, 0.4) is 0 Å². The molecule has 1 aliphatic carbocycles. The average molecular weight is 226 g/mol. The Kier molecular flexibility index (Phi) is 3.39. The van der Waals surface area contributed by atoms with E-state index in [9.17, 15) is 4.39 Å². The fourth-order valence-electron chi connectivity index (χ4n) is 1.70. The third-order valence-electron chi connectivity index (χ3n) is 2.59. The van der Waals surface area contributed by atoms with Crippen LogP contribution in [0.4, 0.5) is 4.39 Å². The van der Waals surface area contributed by atoms with E-state index in [0.717, 1.165) is 24.9 Å². The molecule has 80 valence electrons. The van der Waals surface area contributed by atoms with Crippen LogP contribution in [-0.4, -0.2) is 6.04 Å². The Labute approximate surface area is 93.9 Å². The van der Waals surface area contributed by atoms with Crippen LogP contribution in [0.2, 0.25) is 5.02 Å². The van der Waals surface area contributed by atoms with E-state index >= 15 is 0 Å². The highest BCUT2D eigenvalue weighted by Gasteiger charge is 2.09. The zero-order chi connectivity index (χ0) is 10.7. The second-order valence-corrected chi connectivity index (χ2v) is 4.18. The van der Waals surface area contributed by atoms with Crippen LogP contribution in [0.25, 0.3) is 0 Å². The molecule has 0 saturated heterocycles. The number of hydrogen-bond donors (Lipinski definition) is 1. The molecule has 1 aromatic rings. The van der Waals surface area contributed by atoms with Crippen LogP contribution in [0.1, 0.15) is 18.4 Å². The second kappa shape index (κ2) is 4.77. The van der Waals surface area contributed by atoms with Gasteiger partial charge in [-0.05, 0) is 30.5 Å². The second-order valence-electron chi connectivity index (χ2n) is 3.77. The molecule has 15 heavy (non-hydrogen) atoms. The minimum Gasteiger partial charge on any atom is -0.309 e. The van der Waals surface area contributed by atoms with Crippen molar-refractivity contribution >= 4 is 11.6 Å². The molecule has 0 aliphatic heterocycles. The van der Waals surface area contributed by atoms with Gasteiger partial charge in [-0.1, -0.05) is 29.8 Å². The minimum atomic E-state index is -0.358. The fraction of sp³-hybridized carbons (Fsp3) is 0.333. The lowest BCUT2D eigenvalue weighted by Gasteiger charge is -2.11. The molecule has 1 nitrogen and oxygen atoms in total. The van der Waals surface area contributed by atoms with Crippen molar-refractivity contribution in [3.63, 3.8) is 0 Å². The molecule has 0 saturated carbocycles. The third-order valence-corrected chi connectivity index (χ3v) is 2.88. The van der Waals surface area contributed by atoms with Crippen LogP contribution in [0.5, 0.6) is 0 Å². The zero-order valence-electron chi connectivity index (χ0n) is 8.34. The zero-order valence-corrected chi connectivity index (χ0v) is 9.10. The molecule has 0 amide bonds. The summed E-state index contributed by atoms with van der Waals surface area (Å²) in [4.78, 5) is 0. The summed E-state index contributed by atoms with van der Waals surface area (Å²) in [5, 5.41) is 3.59. The molecule has 2 rings (SSSR count). The number of nitrogens with one attached hydrogen (secondary N) is 1. The van der Waals surface area contributed by atoms with E-state index in [1.807, 2.05) is 0 Å². The van der Waals surface area contributed by atoms with Crippen LogP contribution >= 0.6 is 11.6 Å². The van der Waals surface area contributed by atoms with E-state index < -0.39 is 0 Å². The van der Waals surface area contributed by atoms with E-state index in [1.165, 1.54) is 6.07 Å². The predicted octanol–water partition coefficient (Wildman–Crippen LogP) is 3.29. The van der Waals surface area contributed by atoms with Crippen LogP contribution in [0, 0.1) is 5.82 Å². The first-order valence-corrected chi connectivity index (χ1v) is 5.46. The number of hydrogen-bond acceptors (Lipinski definition) is 1. The summed E-state index contributed by atoms with van der Waals surface area (Å²) in [5.41, 5.74) is 1.02. The summed E-state index contributed by atoms with van der Waals surface area (Å²) in [5.74, 6) is -0.358. The number of halogens is 2. The Morgan fingerprint density at radius 2 is 2.07 bits per heavy atom. The maximum Gasteiger partial charge on any atom is 0.141 e. The minimum absolute atomic E-state index is 0.193. The van der Waals surface area contributed by atoms with Gasteiger partial charge in [0.1, 0.15) is 5.82 Å². The van der Waals surface area contributed by atoms with Gasteiger partial charge in [-0.15, -0.1) is 0 Å². The summed E-state index contributed by atoms with van der Waals surface area (Å²) in [6.45, 7) is 0.742. The maximum atomic E-state index is 12.9. The molecule has 0 bridgehead atoms. The van der Waals surface area contributed by atoms with Gasteiger partial charge in [0.25, 0.3) is 0 Å². The smallest absolute Gasteiger partial charge is 0.141 e. The molecule has 0 spiro atoms. The summed E-state index contributed by atoms with van der Waals surface area (Å²) in [6, 6.07) is 5.36. The van der Waals surface area contributed by atoms with Crippen LogP contribution in [-0.2, 0) is 6.54 Å². The molecule has 0 heterocycles. The first kappa shape index (κ1) is 10.7. The Bertz CT molecular complexity index is 368. The van der Waals surface area contributed by atoms with Gasteiger partial charge >= 0.3 is 0 Å². The third kappa shape index (κ3) is 2.80. The quantitative estimate of drug-likeness (QED) is 0.779. The summed E-state index contributed by atoms with van der Waals surface area (Å²) in [7, 11) is 0. The van der Waals surface area contributed by atoms with Gasteiger partial charge in [-0.2, -0.15) is 0 Å². The highest BCUT2D eigenvalue weighted by molar-refractivity contribution is 6.30. The van der Waals surface area contributed by atoms with Crippen molar-refractivity contribution in [3.8, 4) is 0 Å². The maximum absolute atomic E-state index is 12.9. The molecule has 0 fully saturated rings. The number of benzene rings is 1. The van der Waals surface area contributed by atoms with Gasteiger partial charge in [0.2, 0.25) is 0 Å². The molecule has 1 aliphatic rings. The van der Waals surface area contributed by atoms with Gasteiger partial charge in [-0.25, -0.2) is 4.39 Å². The van der Waals surface area contributed by atoms with Crippen molar-refractivity contribution in [2.75, 3.05) is 0 Å². The molecule has 0 atom stereocenters. The predicted molar refractivity (Wildman–Crippen MR) is 60.4 cm³/mol. The van der Waals surface area contributed by atoms with E-state index in [1.54, 1.807) is 12.1 Å². The van der Waals surface area contributed by atoms with Gasteiger partial charge in [0.15, 0.2) is 0 Å². The molecule has 1 aromatic carbocycles. The Balaban J connectivity index is 1.90. The largest absolute Gasteiger partial charge is 0.309 e. The summed E-state index contributed by atoms with van der Waals surface area (Å²) < 4.78 is 12.9. The lowest BCUT2D eigenvalue weighted by atomic mass is 10.2. The standard InChI is InChI=1S/C12H13ClFN/c13-11-7-9(5-6-12(11)14)8-15-10-3-1-2-4-10/h1-2,5-7,10,15H,3-4,8H2. The van der Waals surface area contributed by atoms with Crippen LogP contribution in [0.15, 0.2) is 30.4 Å². The summed E-state index contributed by atoms with van der Waals surface area (Å²) >= 11 is 5.69. The average Bonchev–Trinajstić information content (AvgIpc) is 2.73. The van der Waals surface area contributed by atoms with Crippen molar-refractivity contribution in [1.82, 2.24) is 5.32 Å². The van der Waals surface area contributed by atoms with Gasteiger partial charge in [-0.3, -0.25) is 0 Å². The van der Waals surface area contributed by atoms with Gasteiger partial charge in [0.05, 0.1) is 5.02 Å². The molecule has 3 heteroatoms. The Morgan fingerprint density at radius 3 is 2.73 bits per heavy atom. The van der Waals surface area contributed by atoms with Crippen molar-refractivity contribution in [3.05, 3.63) is 46.8 Å². The van der Waals surface area contributed by atoms with Gasteiger partial charge in [0, 0.05) is 12.6 Å². The molecular weight excluding hydrogens is 213 g/mol. The van der Waals surface area contributed by atoms with Crippen molar-refractivity contribution in [2.24, 2.45) is 0 Å². The SMILES string of the molecule is Fc1ccc(CNC2CC=CC2)cc1Cl. The first-order valence-electron chi connectivity index (χ1n) is 5.08. The Hall–Kier alpha value is -0.860. The van der Waals surface area contributed by atoms with E-state index in [-0.39, 0.29) is 10.8 Å². The normalized spacial score (nSPS) is 16.1. The lowest BCUT2D eigenvalue weighted by molar-refractivity contribution is 0.537. The van der Waals surface area contributed by atoms with E-state index in [4.69, 9.17) is 11.6 Å². The van der Waals surface area contributed by atoms with Gasteiger partial charge < -0.3 is 5.32 Å². The molecule has 0 radical (unpaired) electrons.